The molecule has 0 heterocycles. The number of Topliss-reactive ketones (excluding diaryl/α,β-unsaturated/α-hetero) is 1. The van der Waals surface area contributed by atoms with Crippen molar-refractivity contribution in [2.75, 3.05) is 0 Å². The summed E-state index contributed by atoms with van der Waals surface area (Å²) in [6.45, 7) is 1.45. The number of carbonyl (C=O) groups excluding carboxylic acids is 1. The lowest BCUT2D eigenvalue weighted by Crippen LogP contribution is -1.92. The summed E-state index contributed by atoms with van der Waals surface area (Å²) >= 11 is 0. The molecule has 0 saturated heterocycles. The molecule has 88 valence electrons. The van der Waals surface area contributed by atoms with Crippen LogP contribution in [0.15, 0.2) is 53.6 Å². The second kappa shape index (κ2) is 5.17. The third-order valence-corrected chi connectivity index (χ3v) is 2.64. The zero-order valence-corrected chi connectivity index (χ0v) is 9.87. The van der Waals surface area contributed by atoms with Crippen LogP contribution in [-0.2, 0) is 0 Å². The first-order chi connectivity index (χ1) is 8.72. The molecule has 2 aromatic carbocycles. The molecule has 0 bridgehead atoms. The van der Waals surface area contributed by atoms with Gasteiger partial charge in [-0.2, -0.15) is 0 Å². The van der Waals surface area contributed by atoms with Gasteiger partial charge in [0.2, 0.25) is 0 Å². The summed E-state index contributed by atoms with van der Waals surface area (Å²) in [6, 6.07) is 15.0. The monoisotopic (exact) mass is 237 g/mol. The molecule has 4 nitrogen and oxygen atoms in total. The van der Waals surface area contributed by atoms with Gasteiger partial charge in [0.15, 0.2) is 5.78 Å². The van der Waals surface area contributed by atoms with E-state index in [1.54, 1.807) is 12.1 Å². The number of azide groups is 1. The van der Waals surface area contributed by atoms with Crippen molar-refractivity contribution in [2.45, 2.75) is 6.92 Å². The maximum Gasteiger partial charge on any atom is 0.160 e. The molecule has 0 aromatic heterocycles. The largest absolute Gasteiger partial charge is 0.294 e. The van der Waals surface area contributed by atoms with Crippen molar-refractivity contribution in [1.82, 2.24) is 0 Å². The second-order valence-corrected chi connectivity index (χ2v) is 3.84. The van der Waals surface area contributed by atoms with E-state index in [9.17, 15) is 4.79 Å². The molecule has 0 saturated carbocycles. The van der Waals surface area contributed by atoms with Gasteiger partial charge >= 0.3 is 0 Å². The molecule has 0 unspecified atom stereocenters. The van der Waals surface area contributed by atoms with Gasteiger partial charge in [-0.25, -0.2) is 0 Å². The van der Waals surface area contributed by atoms with Crippen molar-refractivity contribution in [3.05, 3.63) is 64.5 Å². The van der Waals surface area contributed by atoms with Crippen LogP contribution < -0.4 is 0 Å². The van der Waals surface area contributed by atoms with Crippen molar-refractivity contribution in [2.24, 2.45) is 5.11 Å². The van der Waals surface area contributed by atoms with Gasteiger partial charge in [0.05, 0.1) is 0 Å². The van der Waals surface area contributed by atoms with Crippen LogP contribution in [0.2, 0.25) is 0 Å². The molecule has 0 aliphatic rings. The van der Waals surface area contributed by atoms with Crippen LogP contribution in [0.4, 0.5) is 5.69 Å². The van der Waals surface area contributed by atoms with Gasteiger partial charge in [-0.3, -0.25) is 4.79 Å². The Bertz CT molecular complexity index is 629. The summed E-state index contributed by atoms with van der Waals surface area (Å²) in [5.41, 5.74) is 11.3. The molecule has 18 heavy (non-hydrogen) atoms. The number of benzene rings is 2. The van der Waals surface area contributed by atoms with E-state index in [1.165, 1.54) is 6.92 Å². The van der Waals surface area contributed by atoms with Gasteiger partial charge in [0.1, 0.15) is 0 Å². The summed E-state index contributed by atoms with van der Waals surface area (Å²) in [6.07, 6.45) is 0. The lowest BCUT2D eigenvalue weighted by atomic mass is 10.0. The quantitative estimate of drug-likeness (QED) is 0.335. The number of hydrogen-bond donors (Lipinski definition) is 0. The maximum atomic E-state index is 11.4. The molecule has 2 rings (SSSR count). The molecule has 0 radical (unpaired) electrons. The van der Waals surface area contributed by atoms with Gasteiger partial charge < -0.3 is 0 Å². The maximum absolute atomic E-state index is 11.4. The minimum Gasteiger partial charge on any atom is -0.294 e. The highest BCUT2D eigenvalue weighted by atomic mass is 16.1. The zero-order chi connectivity index (χ0) is 13.0. The van der Waals surface area contributed by atoms with Crippen molar-refractivity contribution in [3.8, 4) is 11.1 Å². The number of nitrogens with zero attached hydrogens (tertiary/aromatic N) is 3. The number of carbonyl (C=O) groups is 1. The first kappa shape index (κ1) is 11.9. The minimum atomic E-state index is -0.114. The average molecular weight is 237 g/mol. The first-order valence-electron chi connectivity index (χ1n) is 5.48. The fourth-order valence-electron chi connectivity index (χ4n) is 1.77. The van der Waals surface area contributed by atoms with Crippen molar-refractivity contribution >= 4 is 11.5 Å². The fraction of sp³-hybridized carbons (Fsp3) is 0.0714. The zero-order valence-electron chi connectivity index (χ0n) is 9.87. The molecule has 0 amide bonds. The van der Waals surface area contributed by atoms with Crippen LogP contribution in [0, 0.1) is 0 Å². The molecule has 0 aliphatic carbocycles. The molecular weight excluding hydrogens is 226 g/mol. The predicted octanol–water partition coefficient (Wildman–Crippen LogP) is 4.50. The van der Waals surface area contributed by atoms with Crippen LogP contribution in [0.1, 0.15) is 17.3 Å². The highest BCUT2D eigenvalue weighted by molar-refractivity contribution is 5.99. The molecule has 0 N–H and O–H groups in total. The highest BCUT2D eigenvalue weighted by Gasteiger charge is 2.07. The van der Waals surface area contributed by atoms with Gasteiger partial charge in [-0.1, -0.05) is 47.6 Å². The third kappa shape index (κ3) is 2.39. The summed E-state index contributed by atoms with van der Waals surface area (Å²) in [4.78, 5) is 14.2. The fourth-order valence-corrected chi connectivity index (χ4v) is 1.77. The van der Waals surface area contributed by atoms with Crippen LogP contribution >= 0.6 is 0 Å². The lowest BCUT2D eigenvalue weighted by molar-refractivity contribution is 0.101. The normalized spacial score (nSPS) is 9.61. The SMILES string of the molecule is CC(=O)c1ccc(-c2ccccc2)cc1N=[N+]=[N-]. The molecule has 0 fully saturated rings. The van der Waals surface area contributed by atoms with E-state index < -0.39 is 0 Å². The van der Waals surface area contributed by atoms with Gasteiger partial charge in [-0.15, -0.1) is 0 Å². The molecule has 0 atom stereocenters. The Morgan fingerprint density at radius 2 is 1.83 bits per heavy atom. The topological polar surface area (TPSA) is 65.8 Å². The summed E-state index contributed by atoms with van der Waals surface area (Å²) in [5.74, 6) is -0.114. The van der Waals surface area contributed by atoms with Crippen molar-refractivity contribution in [3.63, 3.8) is 0 Å². The predicted molar refractivity (Wildman–Crippen MR) is 70.7 cm³/mol. The highest BCUT2D eigenvalue weighted by Crippen LogP contribution is 2.28. The molecular formula is C14H11N3O. The van der Waals surface area contributed by atoms with Gasteiger partial charge in [0, 0.05) is 16.2 Å². The average Bonchev–Trinajstić information content (AvgIpc) is 2.40. The van der Waals surface area contributed by atoms with E-state index in [4.69, 9.17) is 5.53 Å². The lowest BCUT2D eigenvalue weighted by Gasteiger charge is -2.06. The van der Waals surface area contributed by atoms with Gasteiger partial charge in [-0.05, 0) is 29.6 Å². The van der Waals surface area contributed by atoms with Crippen LogP contribution in [0.25, 0.3) is 21.6 Å². The Kier molecular flexibility index (Phi) is 3.41. The molecule has 0 aliphatic heterocycles. The standard InChI is InChI=1S/C14H11N3O/c1-10(18)13-8-7-12(9-14(13)16-17-15)11-5-3-2-4-6-11/h2-9H,1H3. The van der Waals surface area contributed by atoms with Crippen LogP contribution in [0.5, 0.6) is 0 Å². The van der Waals surface area contributed by atoms with E-state index >= 15 is 0 Å². The summed E-state index contributed by atoms with van der Waals surface area (Å²) in [5, 5.41) is 3.57. The summed E-state index contributed by atoms with van der Waals surface area (Å²) < 4.78 is 0. The summed E-state index contributed by atoms with van der Waals surface area (Å²) in [7, 11) is 0. The molecule has 4 heteroatoms. The second-order valence-electron chi connectivity index (χ2n) is 3.84. The number of hydrogen-bond acceptors (Lipinski definition) is 2. The van der Waals surface area contributed by atoms with Crippen LogP contribution in [-0.4, -0.2) is 5.78 Å². The third-order valence-electron chi connectivity index (χ3n) is 2.64. The van der Waals surface area contributed by atoms with Gasteiger partial charge in [0.25, 0.3) is 0 Å². The van der Waals surface area contributed by atoms with Crippen molar-refractivity contribution < 1.29 is 4.79 Å². The van der Waals surface area contributed by atoms with E-state index in [0.717, 1.165) is 11.1 Å². The Hall–Kier alpha value is -2.58. The van der Waals surface area contributed by atoms with Crippen LogP contribution in [0.3, 0.4) is 0 Å². The van der Waals surface area contributed by atoms with E-state index in [-0.39, 0.29) is 5.78 Å². The Morgan fingerprint density at radius 1 is 1.11 bits per heavy atom. The Labute approximate surface area is 105 Å². The molecule has 2 aromatic rings. The number of rotatable bonds is 3. The number of ketones is 1. The first-order valence-corrected chi connectivity index (χ1v) is 5.48. The smallest absolute Gasteiger partial charge is 0.160 e. The van der Waals surface area contributed by atoms with E-state index in [0.29, 0.717) is 11.3 Å². The van der Waals surface area contributed by atoms with Crippen molar-refractivity contribution in [1.29, 1.82) is 0 Å². The molecule has 0 spiro atoms. The van der Waals surface area contributed by atoms with E-state index in [2.05, 4.69) is 10.0 Å². The Morgan fingerprint density at radius 3 is 2.44 bits per heavy atom. The van der Waals surface area contributed by atoms with E-state index in [1.807, 2.05) is 36.4 Å². The minimum absolute atomic E-state index is 0.114. The Balaban J connectivity index is 2.57.